The van der Waals surface area contributed by atoms with Gasteiger partial charge in [0, 0.05) is 24.6 Å². The zero-order valence-corrected chi connectivity index (χ0v) is 12.5. The second-order valence-corrected chi connectivity index (χ2v) is 6.03. The second kappa shape index (κ2) is 7.25. The molecule has 1 fully saturated rings. The van der Waals surface area contributed by atoms with E-state index in [1.165, 1.54) is 18.4 Å². The Hall–Kier alpha value is -1.10. The van der Waals surface area contributed by atoms with Crippen molar-refractivity contribution in [3.63, 3.8) is 0 Å². The summed E-state index contributed by atoms with van der Waals surface area (Å²) in [6.07, 6.45) is 5.67. The molecule has 4 heteroatoms. The first-order chi connectivity index (χ1) is 10.3. The fourth-order valence-corrected chi connectivity index (χ4v) is 3.19. The predicted molar refractivity (Wildman–Crippen MR) is 81.5 cm³/mol. The maximum atomic E-state index is 10.1. The summed E-state index contributed by atoms with van der Waals surface area (Å²) in [6.45, 7) is 1.72. The van der Waals surface area contributed by atoms with Gasteiger partial charge in [-0.2, -0.15) is 0 Å². The van der Waals surface area contributed by atoms with Crippen LogP contribution in [0, 0.1) is 0 Å². The van der Waals surface area contributed by atoms with Crippen molar-refractivity contribution in [3.8, 4) is 5.75 Å². The normalized spacial score (nSPS) is 23.6. The van der Waals surface area contributed by atoms with Gasteiger partial charge in [-0.25, -0.2) is 0 Å². The summed E-state index contributed by atoms with van der Waals surface area (Å²) in [4.78, 5) is 0. The molecule has 116 valence electrons. The molecule has 0 saturated heterocycles. The molecular formula is C17H25NO3. The molecular weight excluding hydrogens is 266 g/mol. The fraction of sp³-hybridized carbons (Fsp3) is 0.647. The van der Waals surface area contributed by atoms with Gasteiger partial charge in [0.05, 0.1) is 25.4 Å². The quantitative estimate of drug-likeness (QED) is 0.845. The number of rotatable bonds is 6. The number of hydrogen-bond acceptors (Lipinski definition) is 4. The third-order valence-electron chi connectivity index (χ3n) is 4.38. The predicted octanol–water partition coefficient (Wildman–Crippen LogP) is 2.42. The van der Waals surface area contributed by atoms with Crippen LogP contribution in [0.25, 0.3) is 0 Å². The van der Waals surface area contributed by atoms with Gasteiger partial charge in [-0.05, 0) is 18.9 Å². The van der Waals surface area contributed by atoms with Crippen LogP contribution in [0.5, 0.6) is 5.75 Å². The number of ether oxygens (including phenoxy) is 2. The molecule has 0 radical (unpaired) electrons. The third kappa shape index (κ3) is 3.96. The molecule has 3 rings (SSSR count). The van der Waals surface area contributed by atoms with Gasteiger partial charge in [0.2, 0.25) is 0 Å². The van der Waals surface area contributed by atoms with Gasteiger partial charge in [-0.3, -0.25) is 0 Å². The highest BCUT2D eigenvalue weighted by Crippen LogP contribution is 2.31. The summed E-state index contributed by atoms with van der Waals surface area (Å²) in [5.74, 6) is 0.956. The molecule has 2 atom stereocenters. The molecule has 0 bridgehead atoms. The zero-order valence-electron chi connectivity index (χ0n) is 12.5. The van der Waals surface area contributed by atoms with Crippen LogP contribution in [-0.4, -0.2) is 37.1 Å². The van der Waals surface area contributed by atoms with E-state index in [-0.39, 0.29) is 6.04 Å². The Bertz CT molecular complexity index is 445. The van der Waals surface area contributed by atoms with E-state index in [2.05, 4.69) is 11.4 Å². The van der Waals surface area contributed by atoms with Crippen LogP contribution in [0.1, 0.15) is 43.7 Å². The van der Waals surface area contributed by atoms with E-state index in [1.54, 1.807) is 0 Å². The van der Waals surface area contributed by atoms with Crippen LogP contribution >= 0.6 is 0 Å². The first-order valence-corrected chi connectivity index (χ1v) is 8.07. The van der Waals surface area contributed by atoms with Crippen molar-refractivity contribution in [1.29, 1.82) is 0 Å². The summed E-state index contributed by atoms with van der Waals surface area (Å²) in [5, 5.41) is 13.5. The average molecular weight is 291 g/mol. The summed E-state index contributed by atoms with van der Waals surface area (Å²) in [6, 6.07) is 8.38. The van der Waals surface area contributed by atoms with Crippen LogP contribution in [0.2, 0.25) is 0 Å². The fourth-order valence-electron chi connectivity index (χ4n) is 3.19. The number of hydrogen-bond donors (Lipinski definition) is 2. The topological polar surface area (TPSA) is 50.7 Å². The van der Waals surface area contributed by atoms with Crippen LogP contribution in [0.4, 0.5) is 0 Å². The molecule has 1 aliphatic carbocycles. The molecule has 0 aromatic heterocycles. The van der Waals surface area contributed by atoms with Crippen LogP contribution in [-0.2, 0) is 4.74 Å². The summed E-state index contributed by atoms with van der Waals surface area (Å²) >= 11 is 0. The summed E-state index contributed by atoms with van der Waals surface area (Å²) in [7, 11) is 0. The van der Waals surface area contributed by atoms with Gasteiger partial charge in [0.25, 0.3) is 0 Å². The highest BCUT2D eigenvalue weighted by Gasteiger charge is 2.22. The minimum Gasteiger partial charge on any atom is -0.493 e. The van der Waals surface area contributed by atoms with Crippen LogP contribution < -0.4 is 10.1 Å². The molecule has 0 spiro atoms. The lowest BCUT2D eigenvalue weighted by Gasteiger charge is -2.27. The molecule has 0 amide bonds. The van der Waals surface area contributed by atoms with Gasteiger partial charge >= 0.3 is 0 Å². The number of fused-ring (bicyclic) bond motifs is 1. The lowest BCUT2D eigenvalue weighted by atomic mass is 10.0. The maximum Gasteiger partial charge on any atom is 0.124 e. The van der Waals surface area contributed by atoms with Crippen molar-refractivity contribution < 1.29 is 14.6 Å². The van der Waals surface area contributed by atoms with Crippen LogP contribution in [0.15, 0.2) is 24.3 Å². The molecule has 1 aliphatic heterocycles. The van der Waals surface area contributed by atoms with Crippen molar-refractivity contribution in [2.75, 3.05) is 19.8 Å². The van der Waals surface area contributed by atoms with E-state index in [0.717, 1.165) is 31.6 Å². The Labute approximate surface area is 126 Å². The van der Waals surface area contributed by atoms with E-state index in [0.29, 0.717) is 19.3 Å². The molecule has 1 aromatic rings. The Morgan fingerprint density at radius 3 is 2.90 bits per heavy atom. The second-order valence-electron chi connectivity index (χ2n) is 6.03. The minimum absolute atomic E-state index is 0.260. The largest absolute Gasteiger partial charge is 0.493 e. The third-order valence-corrected chi connectivity index (χ3v) is 4.38. The highest BCUT2D eigenvalue weighted by atomic mass is 16.5. The monoisotopic (exact) mass is 291 g/mol. The Balaban J connectivity index is 1.44. The number of nitrogens with one attached hydrogen (secondary N) is 1. The zero-order chi connectivity index (χ0) is 14.5. The SMILES string of the molecule is OC(CNC1CCOc2ccccc21)COC1CCCC1. The maximum absolute atomic E-state index is 10.1. The molecule has 2 N–H and O–H groups in total. The Morgan fingerprint density at radius 1 is 1.24 bits per heavy atom. The van der Waals surface area contributed by atoms with E-state index >= 15 is 0 Å². The first kappa shape index (κ1) is 14.8. The summed E-state index contributed by atoms with van der Waals surface area (Å²) in [5.41, 5.74) is 1.19. The minimum atomic E-state index is -0.444. The lowest BCUT2D eigenvalue weighted by molar-refractivity contribution is -0.00662. The average Bonchev–Trinajstić information content (AvgIpc) is 3.04. The van der Waals surface area contributed by atoms with Crippen molar-refractivity contribution in [1.82, 2.24) is 5.32 Å². The van der Waals surface area contributed by atoms with Crippen molar-refractivity contribution in [2.24, 2.45) is 0 Å². The van der Waals surface area contributed by atoms with E-state index < -0.39 is 6.10 Å². The van der Waals surface area contributed by atoms with Gasteiger partial charge in [0.15, 0.2) is 0 Å². The number of aliphatic hydroxyl groups is 1. The van der Waals surface area contributed by atoms with Crippen molar-refractivity contribution >= 4 is 0 Å². The van der Waals surface area contributed by atoms with Crippen molar-refractivity contribution in [2.45, 2.75) is 50.4 Å². The highest BCUT2D eigenvalue weighted by molar-refractivity contribution is 5.37. The van der Waals surface area contributed by atoms with Gasteiger partial charge in [-0.1, -0.05) is 31.0 Å². The van der Waals surface area contributed by atoms with Gasteiger partial charge in [0.1, 0.15) is 5.75 Å². The molecule has 2 aliphatic rings. The van der Waals surface area contributed by atoms with E-state index in [1.807, 2.05) is 18.2 Å². The molecule has 21 heavy (non-hydrogen) atoms. The number of benzene rings is 1. The lowest BCUT2D eigenvalue weighted by Crippen LogP contribution is -2.35. The van der Waals surface area contributed by atoms with Gasteiger partial charge in [-0.15, -0.1) is 0 Å². The number of para-hydroxylation sites is 1. The molecule has 4 nitrogen and oxygen atoms in total. The molecule has 2 unspecified atom stereocenters. The van der Waals surface area contributed by atoms with E-state index in [9.17, 15) is 5.11 Å². The standard InChI is InChI=1S/C17H25NO3/c19-13(12-21-14-5-1-2-6-14)11-18-16-9-10-20-17-8-4-3-7-15(16)17/h3-4,7-8,13-14,16,18-19H,1-2,5-6,9-12H2. The first-order valence-electron chi connectivity index (χ1n) is 8.07. The molecule has 1 saturated carbocycles. The van der Waals surface area contributed by atoms with Crippen LogP contribution in [0.3, 0.4) is 0 Å². The Morgan fingerprint density at radius 2 is 2.05 bits per heavy atom. The molecule has 1 aromatic carbocycles. The van der Waals surface area contributed by atoms with Gasteiger partial charge < -0.3 is 19.9 Å². The smallest absolute Gasteiger partial charge is 0.124 e. The number of aliphatic hydroxyl groups excluding tert-OH is 1. The summed E-state index contributed by atoms with van der Waals surface area (Å²) < 4.78 is 11.4. The Kier molecular flexibility index (Phi) is 5.12. The van der Waals surface area contributed by atoms with Crippen molar-refractivity contribution in [3.05, 3.63) is 29.8 Å². The van der Waals surface area contributed by atoms with E-state index in [4.69, 9.17) is 9.47 Å². The molecule has 1 heterocycles.